The number of hydrogen-bond donors (Lipinski definition) is 2. The fraction of sp³-hybridized carbons (Fsp3) is 0.200. The third-order valence-electron chi connectivity index (χ3n) is 2.06. The number of carboxylic acids is 1. The molecule has 5 nitrogen and oxygen atoms in total. The van der Waals surface area contributed by atoms with Gasteiger partial charge in [-0.25, -0.2) is 9.78 Å². The molecule has 5 heteroatoms. The fourth-order valence-corrected chi connectivity index (χ4v) is 1.38. The zero-order chi connectivity index (χ0) is 10.8. The van der Waals surface area contributed by atoms with Gasteiger partial charge in [-0.2, -0.15) is 0 Å². The zero-order valence-corrected chi connectivity index (χ0v) is 8.15. The van der Waals surface area contributed by atoms with Crippen molar-refractivity contribution in [1.29, 1.82) is 0 Å². The average Bonchev–Trinajstić information content (AvgIpc) is 2.75. The second kappa shape index (κ2) is 3.61. The van der Waals surface area contributed by atoms with Crippen LogP contribution in [0.1, 0.15) is 27.7 Å². The van der Waals surface area contributed by atoms with E-state index in [9.17, 15) is 4.79 Å². The lowest BCUT2D eigenvalue weighted by Gasteiger charge is -1.96. The van der Waals surface area contributed by atoms with Crippen molar-refractivity contribution in [2.75, 3.05) is 0 Å². The zero-order valence-electron chi connectivity index (χ0n) is 8.15. The molecule has 0 fully saturated rings. The highest BCUT2D eigenvalue weighted by Gasteiger charge is 2.13. The van der Waals surface area contributed by atoms with Crippen LogP contribution in [0.3, 0.4) is 0 Å². The molecule has 0 atom stereocenters. The lowest BCUT2D eigenvalue weighted by Crippen LogP contribution is -2.00. The van der Waals surface area contributed by atoms with Crippen LogP contribution in [0.5, 0.6) is 0 Å². The van der Waals surface area contributed by atoms with E-state index in [1.165, 1.54) is 6.07 Å². The largest absolute Gasteiger partial charge is 0.478 e. The summed E-state index contributed by atoms with van der Waals surface area (Å²) in [4.78, 5) is 17.7. The first-order valence-electron chi connectivity index (χ1n) is 4.47. The van der Waals surface area contributed by atoms with Gasteiger partial charge in [-0.3, -0.25) is 0 Å². The SMILES string of the molecule is Cc1cnc(Cc2[nH]ccc2C(=O)O)o1. The van der Waals surface area contributed by atoms with E-state index in [2.05, 4.69) is 9.97 Å². The maximum absolute atomic E-state index is 10.8. The van der Waals surface area contributed by atoms with Crippen molar-refractivity contribution < 1.29 is 14.3 Å². The minimum atomic E-state index is -0.950. The lowest BCUT2D eigenvalue weighted by molar-refractivity contribution is 0.0696. The molecule has 2 rings (SSSR count). The molecule has 0 radical (unpaired) electrons. The number of H-pyrrole nitrogens is 1. The van der Waals surface area contributed by atoms with Gasteiger partial charge in [0.25, 0.3) is 0 Å². The molecule has 0 bridgehead atoms. The van der Waals surface area contributed by atoms with Crippen molar-refractivity contribution in [3.63, 3.8) is 0 Å². The number of hydrogen-bond acceptors (Lipinski definition) is 3. The van der Waals surface area contributed by atoms with Gasteiger partial charge in [0.1, 0.15) is 5.76 Å². The Hall–Kier alpha value is -2.04. The summed E-state index contributed by atoms with van der Waals surface area (Å²) in [5.41, 5.74) is 0.857. The first-order chi connectivity index (χ1) is 7.16. The van der Waals surface area contributed by atoms with Crippen molar-refractivity contribution in [2.24, 2.45) is 0 Å². The number of carboxylic acid groups (broad SMARTS) is 1. The molecule has 15 heavy (non-hydrogen) atoms. The van der Waals surface area contributed by atoms with Gasteiger partial charge in [-0.15, -0.1) is 0 Å². The van der Waals surface area contributed by atoms with Crippen LogP contribution in [0.4, 0.5) is 0 Å². The minimum Gasteiger partial charge on any atom is -0.478 e. The predicted octanol–water partition coefficient (Wildman–Crippen LogP) is 1.60. The van der Waals surface area contributed by atoms with Crippen LogP contribution in [0.15, 0.2) is 22.9 Å². The molecule has 2 aromatic rings. The smallest absolute Gasteiger partial charge is 0.337 e. The summed E-state index contributed by atoms with van der Waals surface area (Å²) < 4.78 is 5.27. The van der Waals surface area contributed by atoms with Gasteiger partial charge in [0, 0.05) is 11.9 Å². The molecule has 0 saturated carbocycles. The Morgan fingerprint density at radius 2 is 2.47 bits per heavy atom. The Bertz CT molecular complexity index is 484. The predicted molar refractivity (Wildman–Crippen MR) is 51.8 cm³/mol. The molecule has 0 aliphatic rings. The summed E-state index contributed by atoms with van der Waals surface area (Å²) in [6.07, 6.45) is 3.57. The third kappa shape index (κ3) is 1.90. The molecule has 0 amide bonds. The number of aromatic amines is 1. The second-order valence-corrected chi connectivity index (χ2v) is 3.22. The van der Waals surface area contributed by atoms with Crippen molar-refractivity contribution >= 4 is 5.97 Å². The number of aromatic nitrogens is 2. The highest BCUT2D eigenvalue weighted by Crippen LogP contribution is 2.12. The van der Waals surface area contributed by atoms with Crippen LogP contribution < -0.4 is 0 Å². The minimum absolute atomic E-state index is 0.255. The maximum Gasteiger partial charge on any atom is 0.337 e. The Kier molecular flexibility index (Phi) is 2.29. The number of aromatic carboxylic acids is 1. The molecule has 0 spiro atoms. The van der Waals surface area contributed by atoms with Gasteiger partial charge < -0.3 is 14.5 Å². The first kappa shape index (κ1) is 9.51. The Morgan fingerprint density at radius 3 is 3.07 bits per heavy atom. The number of oxazole rings is 1. The van der Waals surface area contributed by atoms with Gasteiger partial charge in [0.2, 0.25) is 0 Å². The Morgan fingerprint density at radius 1 is 1.67 bits per heavy atom. The molecular formula is C10H10N2O3. The lowest BCUT2D eigenvalue weighted by atomic mass is 10.2. The number of rotatable bonds is 3. The van der Waals surface area contributed by atoms with E-state index in [0.29, 0.717) is 23.8 Å². The number of nitrogens with zero attached hydrogens (tertiary/aromatic N) is 1. The second-order valence-electron chi connectivity index (χ2n) is 3.22. The molecule has 0 saturated heterocycles. The van der Waals surface area contributed by atoms with Crippen LogP contribution in [0.25, 0.3) is 0 Å². The quantitative estimate of drug-likeness (QED) is 0.799. The number of carbonyl (C=O) groups is 1. The number of nitrogens with one attached hydrogen (secondary N) is 1. The van der Waals surface area contributed by atoms with E-state index in [1.54, 1.807) is 19.3 Å². The molecule has 0 aliphatic heterocycles. The fourth-order valence-electron chi connectivity index (χ4n) is 1.38. The van der Waals surface area contributed by atoms with Gasteiger partial charge in [-0.05, 0) is 13.0 Å². The summed E-state index contributed by atoms with van der Waals surface area (Å²) in [6.45, 7) is 1.79. The van der Waals surface area contributed by atoms with Crippen LogP contribution in [0, 0.1) is 6.92 Å². The highest BCUT2D eigenvalue weighted by atomic mass is 16.4. The number of aryl methyl sites for hydroxylation is 1. The molecular weight excluding hydrogens is 196 g/mol. The highest BCUT2D eigenvalue weighted by molar-refractivity contribution is 5.89. The third-order valence-corrected chi connectivity index (χ3v) is 2.06. The maximum atomic E-state index is 10.8. The van der Waals surface area contributed by atoms with Crippen molar-refractivity contribution in [2.45, 2.75) is 13.3 Å². The van der Waals surface area contributed by atoms with Gasteiger partial charge in [0.05, 0.1) is 18.2 Å². The summed E-state index contributed by atoms with van der Waals surface area (Å²) >= 11 is 0. The van der Waals surface area contributed by atoms with Gasteiger partial charge >= 0.3 is 5.97 Å². The van der Waals surface area contributed by atoms with E-state index in [0.717, 1.165) is 0 Å². The van der Waals surface area contributed by atoms with Crippen LogP contribution in [0.2, 0.25) is 0 Å². The van der Waals surface area contributed by atoms with Crippen molar-refractivity contribution in [3.8, 4) is 0 Å². The molecule has 78 valence electrons. The van der Waals surface area contributed by atoms with Crippen LogP contribution in [-0.2, 0) is 6.42 Å². The standard InChI is InChI=1S/C10H10N2O3/c1-6-5-12-9(15-6)4-8-7(10(13)14)2-3-11-8/h2-3,5,11H,4H2,1H3,(H,13,14). The average molecular weight is 206 g/mol. The molecule has 0 unspecified atom stereocenters. The Balaban J connectivity index is 2.24. The molecule has 0 aromatic carbocycles. The van der Waals surface area contributed by atoms with Crippen LogP contribution >= 0.6 is 0 Å². The van der Waals surface area contributed by atoms with E-state index in [-0.39, 0.29) is 5.56 Å². The molecule has 2 N–H and O–H groups in total. The summed E-state index contributed by atoms with van der Waals surface area (Å²) in [6, 6.07) is 1.52. The topological polar surface area (TPSA) is 79.1 Å². The van der Waals surface area contributed by atoms with E-state index >= 15 is 0 Å². The summed E-state index contributed by atoms with van der Waals surface area (Å²) in [5.74, 6) is 0.278. The summed E-state index contributed by atoms with van der Waals surface area (Å²) in [5, 5.41) is 8.87. The molecule has 2 heterocycles. The summed E-state index contributed by atoms with van der Waals surface area (Å²) in [7, 11) is 0. The first-order valence-corrected chi connectivity index (χ1v) is 4.47. The molecule has 0 aliphatic carbocycles. The Labute approximate surface area is 85.8 Å². The van der Waals surface area contributed by atoms with Crippen molar-refractivity contribution in [3.05, 3.63) is 41.4 Å². The van der Waals surface area contributed by atoms with E-state index in [4.69, 9.17) is 9.52 Å². The van der Waals surface area contributed by atoms with Gasteiger partial charge in [0.15, 0.2) is 5.89 Å². The van der Waals surface area contributed by atoms with Crippen LogP contribution in [-0.4, -0.2) is 21.0 Å². The normalized spacial score (nSPS) is 10.5. The molecule has 2 aromatic heterocycles. The van der Waals surface area contributed by atoms with E-state index in [1.807, 2.05) is 0 Å². The monoisotopic (exact) mass is 206 g/mol. The van der Waals surface area contributed by atoms with E-state index < -0.39 is 5.97 Å². The van der Waals surface area contributed by atoms with Gasteiger partial charge in [-0.1, -0.05) is 0 Å². The van der Waals surface area contributed by atoms with Crippen molar-refractivity contribution in [1.82, 2.24) is 9.97 Å².